The molecule has 0 saturated carbocycles. The van der Waals surface area contributed by atoms with Gasteiger partial charge >= 0.3 is 23.9 Å². The average molecular weight is 1720 g/mol. The Balaban J connectivity index is 0.00000132. The summed E-state index contributed by atoms with van der Waals surface area (Å²) < 4.78 is 5.10. The molecule has 0 aliphatic carbocycles. The fourth-order valence-electron chi connectivity index (χ4n) is 17.2. The van der Waals surface area contributed by atoms with E-state index in [9.17, 15) is 54.0 Å². The van der Waals surface area contributed by atoms with Crippen LogP contribution in [0.3, 0.4) is 0 Å². The maximum atomic E-state index is 11.6. The minimum absolute atomic E-state index is 0.0243. The van der Waals surface area contributed by atoms with Crippen LogP contribution < -0.4 is 5.32 Å². The lowest BCUT2D eigenvalue weighted by atomic mass is 9.90. The van der Waals surface area contributed by atoms with Crippen molar-refractivity contribution in [1.29, 1.82) is 0 Å². The zero-order chi connectivity index (χ0) is 94.5. The lowest BCUT2D eigenvalue weighted by Crippen LogP contribution is -2.59. The molecule has 10 heterocycles. The first-order valence-electron chi connectivity index (χ1n) is 45.8. The number of aliphatic hydroxyl groups is 4. The standard InChI is InChI=1S/C11H21NO.2C10H19NO2.C10H19NO.C10H21NO.C9H17NO2.C9H17NO.C8H15NO3.C8H17NO.C6H11NO2.C4H10/c1-9(13)11(5)7-6-8-12(11)10(2,3)4;1-7(12)9-5-8(13)6-11(9)10(2,3)4;1-10(2,3)11-7-5-4-6-8(11)9(12)13;1-8(12)9-6-5-7-11(9)10(2,3)4;1-10(2,3)11-7-5-4-6-9(11)8-12;1-9(2,3)10-5-4-7(6-10)8(11)12;1-7(11)8-5-6-10(8)9(2,3)4;1-8(2,3)9-5-12-4-6(9)7(10)11;1-8(2,3)9-5-4-7(10)6-9;8-6(9)5-3-1-2-4-7-5;1-4(2)3/h6-8H2,1-5H3;8-9,12-13H,1,5-6H2,2-4H3;8H,4-7H2,1-3H3,(H,12,13);9H,5-7H2,1-4H3;9,12H,4-8H2,1-3H3;7H,4-6H2,1-3H3,(H,11,12);8H,5-6H2,1-4H3;6H,4-5H2,1-3H3,(H,10,11);7,10H,4-6H2,1-3H3;5,7H,1-4H2,(H,8,9);4H,1-3H3/t;;8-;;;;;6-;7-;;/m..0....00../s1. The summed E-state index contributed by atoms with van der Waals surface area (Å²) in [4.78, 5) is 96.4. The van der Waals surface area contributed by atoms with Crippen molar-refractivity contribution >= 4 is 41.2 Å². The summed E-state index contributed by atoms with van der Waals surface area (Å²) in [5.74, 6) is -1.06. The van der Waals surface area contributed by atoms with Gasteiger partial charge in [-0.1, -0.05) is 46.6 Å². The molecular weight excluding hydrogens is 1540 g/mol. The van der Waals surface area contributed by atoms with Crippen molar-refractivity contribution < 1.29 is 79.2 Å². The van der Waals surface area contributed by atoms with Gasteiger partial charge in [-0.2, -0.15) is 0 Å². The highest BCUT2D eigenvalue weighted by Crippen LogP contribution is 2.37. The number of nitrogens with zero attached hydrogens (tertiary/aromatic N) is 9. The molecule has 10 aliphatic heterocycles. The molecule has 0 radical (unpaired) electrons. The number of carboxylic acid groups (broad SMARTS) is 4. The lowest BCUT2D eigenvalue weighted by molar-refractivity contribution is -0.147. The van der Waals surface area contributed by atoms with E-state index >= 15 is 0 Å². The molecule has 0 amide bonds. The van der Waals surface area contributed by atoms with Crippen LogP contribution in [-0.2, 0) is 38.3 Å². The second-order valence-corrected chi connectivity index (χ2v) is 44.9. The summed E-state index contributed by atoms with van der Waals surface area (Å²) in [5, 5.41) is 75.3. The average Bonchev–Trinajstić information content (AvgIpc) is 1.60. The number of carbonyl (C=O) groups excluding carboxylic acids is 3. The van der Waals surface area contributed by atoms with Crippen molar-refractivity contribution in [2.45, 2.75) is 454 Å². The minimum Gasteiger partial charge on any atom is -0.511 e. The summed E-state index contributed by atoms with van der Waals surface area (Å²) in [7, 11) is 0. The number of aliphatic carboxylic acids is 4. The number of ketones is 3. The van der Waals surface area contributed by atoms with Crippen LogP contribution in [0.4, 0.5) is 0 Å². The number of likely N-dealkylation sites (tertiary alicyclic amines) is 8. The van der Waals surface area contributed by atoms with Crippen molar-refractivity contribution in [1.82, 2.24) is 49.4 Å². The number of piperidine rings is 3. The van der Waals surface area contributed by atoms with Crippen LogP contribution in [0.2, 0.25) is 0 Å². The van der Waals surface area contributed by atoms with Gasteiger partial charge in [0.15, 0.2) is 0 Å². The number of carbonyl (C=O) groups is 7. The third kappa shape index (κ3) is 42.6. The van der Waals surface area contributed by atoms with Gasteiger partial charge < -0.3 is 50.9 Å². The number of carboxylic acids is 4. The van der Waals surface area contributed by atoms with Crippen LogP contribution >= 0.6 is 0 Å². The minimum atomic E-state index is -0.803. The molecule has 26 nitrogen and oxygen atoms in total. The Bertz CT molecular complexity index is 2990. The maximum Gasteiger partial charge on any atom is 0.323 e. The molecule has 0 aromatic heterocycles. The normalized spacial score (nSPS) is 27.1. The smallest absolute Gasteiger partial charge is 0.323 e. The maximum absolute atomic E-state index is 11.6. The number of nitrogens with one attached hydrogen (secondary N) is 1. The molecule has 0 aromatic carbocycles. The number of rotatable bonds is 9. The van der Waals surface area contributed by atoms with Crippen LogP contribution in [0.1, 0.15) is 345 Å². The first-order valence-corrected chi connectivity index (χ1v) is 45.8. The summed E-state index contributed by atoms with van der Waals surface area (Å²) in [6, 6.07) is -0.328. The lowest BCUT2D eigenvalue weighted by Gasteiger charge is -2.48. The molecule has 0 bridgehead atoms. The second-order valence-electron chi connectivity index (χ2n) is 44.9. The first kappa shape index (κ1) is 117. The van der Waals surface area contributed by atoms with Gasteiger partial charge in [-0.25, -0.2) is 0 Å². The molecular formula is C95H186N10O16. The highest BCUT2D eigenvalue weighted by Gasteiger charge is 2.47. The Morgan fingerprint density at radius 3 is 1.12 bits per heavy atom. The number of hydrogen-bond acceptors (Lipinski definition) is 22. The van der Waals surface area contributed by atoms with Crippen molar-refractivity contribution in [3.63, 3.8) is 0 Å². The van der Waals surface area contributed by atoms with Gasteiger partial charge in [-0.05, 0) is 350 Å². The van der Waals surface area contributed by atoms with E-state index in [0.717, 1.165) is 148 Å². The Kier molecular flexibility index (Phi) is 49.4. The van der Waals surface area contributed by atoms with Gasteiger partial charge in [0.1, 0.15) is 48.0 Å². The molecule has 8 unspecified atom stereocenters. The third-order valence-corrected chi connectivity index (χ3v) is 24.3. The SMILES string of the molecule is C=C(O)C1CC(O)CN1C(C)(C)C.CC(=O)C1(C)CCCN1C(C)(C)C.CC(=O)C1CCCN1C(C)(C)C.CC(=O)C1CCN1C(C)(C)C.CC(C)(C)N1CCC(C(=O)O)C1.CC(C)(C)N1CCCCC1CO.CC(C)(C)N1CCCC[C@H]1C(=O)O.CC(C)(C)N1CC[C@H](O)C1.CC(C)(C)N1COC[C@H]1C(=O)O.CC(C)C.O=C(O)C1CCCCN1. The Hall–Kier alpha value is -4.13. The topological polar surface area (TPSA) is 332 Å². The predicted molar refractivity (Wildman–Crippen MR) is 493 cm³/mol. The van der Waals surface area contributed by atoms with E-state index in [0.29, 0.717) is 62.8 Å². The summed E-state index contributed by atoms with van der Waals surface area (Å²) in [5.41, 5.74) is 0.572. The molecule has 712 valence electrons. The van der Waals surface area contributed by atoms with Crippen LogP contribution in [0.15, 0.2) is 12.3 Å². The monoisotopic (exact) mass is 1720 g/mol. The Labute approximate surface area is 736 Å². The van der Waals surface area contributed by atoms with E-state index in [4.69, 9.17) is 25.2 Å². The third-order valence-electron chi connectivity index (χ3n) is 24.3. The number of aliphatic hydroxyl groups excluding tert-OH is 4. The van der Waals surface area contributed by atoms with Crippen LogP contribution in [0.5, 0.6) is 0 Å². The highest BCUT2D eigenvalue weighted by atomic mass is 16.5. The molecule has 0 spiro atoms. The van der Waals surface area contributed by atoms with Crippen LogP contribution in [-0.4, -0.2) is 328 Å². The molecule has 10 saturated heterocycles. The summed E-state index contributed by atoms with van der Waals surface area (Å²) in [6.07, 6.45) is 17.0. The van der Waals surface area contributed by atoms with Gasteiger partial charge in [0.25, 0.3) is 0 Å². The van der Waals surface area contributed by atoms with Crippen molar-refractivity contribution in [3.8, 4) is 0 Å². The Morgan fingerprint density at radius 1 is 0.413 bits per heavy atom. The summed E-state index contributed by atoms with van der Waals surface area (Å²) in [6.45, 7) is 86.0. The molecule has 11 atom stereocenters. The van der Waals surface area contributed by atoms with Crippen LogP contribution in [0.25, 0.3) is 0 Å². The quantitative estimate of drug-likeness (QED) is 0.0968. The predicted octanol–water partition coefficient (Wildman–Crippen LogP) is 14.6. The van der Waals surface area contributed by atoms with Crippen molar-refractivity contribution in [3.05, 3.63) is 12.3 Å². The van der Waals surface area contributed by atoms with Gasteiger partial charge in [0.05, 0.1) is 55.0 Å². The zero-order valence-electron chi connectivity index (χ0n) is 83.3. The molecule has 9 N–H and O–H groups in total. The second kappa shape index (κ2) is 51.2. The molecule has 0 aromatic rings. The molecule has 10 rings (SSSR count). The Morgan fingerprint density at radius 2 is 0.835 bits per heavy atom. The zero-order valence-corrected chi connectivity index (χ0v) is 83.3. The van der Waals surface area contributed by atoms with Gasteiger partial charge in [0.2, 0.25) is 0 Å². The molecule has 26 heteroatoms. The van der Waals surface area contributed by atoms with Gasteiger partial charge in [-0.3, -0.25) is 77.7 Å². The number of Topliss-reactive ketones (excluding diaryl/α,β-unsaturated/α-hetero) is 3. The number of β-amino-alcohol motifs (C(OH)–C–C–N with tert-alkyl or cyclic N) is 2. The van der Waals surface area contributed by atoms with E-state index in [1.807, 2.05) is 25.7 Å². The molecule has 121 heavy (non-hydrogen) atoms. The van der Waals surface area contributed by atoms with Crippen molar-refractivity contribution in [2.24, 2.45) is 11.8 Å². The fraction of sp³-hybridized carbons (Fsp3) is 0.905. The molecule has 10 aliphatic rings. The largest absolute Gasteiger partial charge is 0.511 e. The fourth-order valence-corrected chi connectivity index (χ4v) is 17.2. The van der Waals surface area contributed by atoms with Crippen molar-refractivity contribution in [2.75, 3.05) is 91.9 Å². The van der Waals surface area contributed by atoms with E-state index in [1.165, 1.54) is 19.3 Å². The number of hydrogen-bond donors (Lipinski definition) is 9. The van der Waals surface area contributed by atoms with Crippen LogP contribution in [0, 0.1) is 11.8 Å². The number of ether oxygens (including phenoxy) is 1. The van der Waals surface area contributed by atoms with Gasteiger partial charge in [0, 0.05) is 88.6 Å². The van der Waals surface area contributed by atoms with E-state index in [-0.39, 0.29) is 109 Å². The first-order chi connectivity index (χ1) is 54.8. The van der Waals surface area contributed by atoms with E-state index in [1.54, 1.807) is 20.8 Å². The highest BCUT2D eigenvalue weighted by molar-refractivity contribution is 5.86. The van der Waals surface area contributed by atoms with E-state index in [2.05, 4.69) is 245 Å². The molecule has 10 fully saturated rings. The summed E-state index contributed by atoms with van der Waals surface area (Å²) >= 11 is 0. The van der Waals surface area contributed by atoms with Gasteiger partial charge in [-0.15, -0.1) is 0 Å². The van der Waals surface area contributed by atoms with E-state index < -0.39 is 29.9 Å².